The lowest BCUT2D eigenvalue weighted by Crippen LogP contribution is -2.21. The van der Waals surface area contributed by atoms with Crippen molar-refractivity contribution in [3.63, 3.8) is 0 Å². The molecule has 156 valence electrons. The van der Waals surface area contributed by atoms with Gasteiger partial charge in [0.05, 0.1) is 22.7 Å². The van der Waals surface area contributed by atoms with Crippen molar-refractivity contribution in [3.05, 3.63) is 85.9 Å². The summed E-state index contributed by atoms with van der Waals surface area (Å²) in [5.74, 6) is -0.455. The Kier molecular flexibility index (Phi) is 6.70. The minimum absolute atomic E-state index is 0.00931. The van der Waals surface area contributed by atoms with E-state index in [4.69, 9.17) is 32.4 Å². The van der Waals surface area contributed by atoms with Gasteiger partial charge < -0.3 is 19.6 Å². The molecule has 2 aromatic carbocycles. The molecule has 0 unspecified atom stereocenters. The maximum Gasteiger partial charge on any atom is 0.343 e. The Morgan fingerprint density at radius 1 is 1.13 bits per heavy atom. The molecular weight excluding hydrogens is 429 g/mol. The molecule has 0 radical (unpaired) electrons. The number of amides is 1. The zero-order chi connectivity index (χ0) is 21.8. The van der Waals surface area contributed by atoms with Crippen molar-refractivity contribution in [2.75, 3.05) is 12.4 Å². The van der Waals surface area contributed by atoms with E-state index in [-0.39, 0.29) is 29.4 Å². The van der Waals surface area contributed by atoms with Gasteiger partial charge in [-0.25, -0.2) is 4.79 Å². The third-order valence-corrected chi connectivity index (χ3v) is 5.29. The van der Waals surface area contributed by atoms with Crippen molar-refractivity contribution >= 4 is 34.8 Å². The Balaban J connectivity index is 1.95. The minimum Gasteiger partial charge on any atom is -0.507 e. The molecule has 1 heterocycles. The number of methoxy groups -OCH3 is 1. The van der Waals surface area contributed by atoms with E-state index < -0.39 is 11.5 Å². The van der Waals surface area contributed by atoms with Gasteiger partial charge in [-0.15, -0.1) is 0 Å². The van der Waals surface area contributed by atoms with Crippen molar-refractivity contribution < 1.29 is 19.1 Å². The fourth-order valence-electron chi connectivity index (χ4n) is 3.12. The number of ether oxygens (including phenoxy) is 1. The summed E-state index contributed by atoms with van der Waals surface area (Å²) in [5, 5.41) is 13.8. The average Bonchev–Trinajstić information content (AvgIpc) is 2.69. The van der Waals surface area contributed by atoms with Gasteiger partial charge in [-0.2, -0.15) is 0 Å². The lowest BCUT2D eigenvalue weighted by atomic mass is 9.88. The number of carbonyl (C=O) groups excluding carboxylic acids is 1. The minimum atomic E-state index is -0.740. The van der Waals surface area contributed by atoms with Crippen molar-refractivity contribution in [3.8, 4) is 11.5 Å². The van der Waals surface area contributed by atoms with E-state index in [0.717, 1.165) is 0 Å². The highest BCUT2D eigenvalue weighted by atomic mass is 35.5. The maximum absolute atomic E-state index is 12.8. The van der Waals surface area contributed by atoms with Crippen molar-refractivity contribution in [2.45, 2.75) is 19.3 Å². The fraction of sp³-hybridized carbons (Fsp3) is 0.182. The van der Waals surface area contributed by atoms with Gasteiger partial charge in [-0.1, -0.05) is 35.3 Å². The van der Waals surface area contributed by atoms with Crippen LogP contribution in [-0.2, 0) is 4.79 Å². The lowest BCUT2D eigenvalue weighted by molar-refractivity contribution is -0.116. The van der Waals surface area contributed by atoms with Gasteiger partial charge in [0.1, 0.15) is 17.3 Å². The number of rotatable bonds is 6. The summed E-state index contributed by atoms with van der Waals surface area (Å²) in [6.07, 6.45) is -0.117. The number of nitrogens with one attached hydrogen (secondary N) is 1. The van der Waals surface area contributed by atoms with E-state index >= 15 is 0 Å². The summed E-state index contributed by atoms with van der Waals surface area (Å²) >= 11 is 11.9. The van der Waals surface area contributed by atoms with Gasteiger partial charge in [0.2, 0.25) is 5.91 Å². The fourth-order valence-corrected chi connectivity index (χ4v) is 3.42. The Morgan fingerprint density at radius 2 is 1.83 bits per heavy atom. The van der Waals surface area contributed by atoms with E-state index in [1.165, 1.54) is 19.2 Å². The highest BCUT2D eigenvalue weighted by Gasteiger charge is 2.26. The molecule has 0 aliphatic rings. The SMILES string of the molecule is COc1ccc([C@@H](CC(=O)Nc2ccc(Cl)c(Cl)c2)c2c(O)cc(C)oc2=O)cc1. The third kappa shape index (κ3) is 4.96. The summed E-state index contributed by atoms with van der Waals surface area (Å²) in [4.78, 5) is 25.3. The molecule has 0 fully saturated rings. The standard InChI is InChI=1S/C22H19Cl2NO5/c1-12-9-19(26)21(22(28)30-12)16(13-3-6-15(29-2)7-4-13)11-20(27)25-14-5-8-17(23)18(24)10-14/h3-10,16,26H,11H2,1-2H3,(H,25,27)/t16-/m1/s1. The summed E-state index contributed by atoms with van der Waals surface area (Å²) in [6.45, 7) is 1.56. The Labute approximate surface area is 183 Å². The zero-order valence-corrected chi connectivity index (χ0v) is 17.8. The number of halogens is 2. The third-order valence-electron chi connectivity index (χ3n) is 4.55. The zero-order valence-electron chi connectivity index (χ0n) is 16.2. The van der Waals surface area contributed by atoms with Gasteiger partial charge in [0, 0.05) is 24.1 Å². The first-order chi connectivity index (χ1) is 14.3. The molecule has 3 rings (SSSR count). The van der Waals surface area contributed by atoms with Gasteiger partial charge in [0.25, 0.3) is 0 Å². The smallest absolute Gasteiger partial charge is 0.343 e. The van der Waals surface area contributed by atoms with Crippen LogP contribution in [0.2, 0.25) is 10.0 Å². The molecule has 1 atom stereocenters. The summed E-state index contributed by atoms with van der Waals surface area (Å²) in [6, 6.07) is 13.0. The molecule has 6 nitrogen and oxygen atoms in total. The van der Waals surface area contributed by atoms with Crippen LogP contribution in [0.1, 0.15) is 29.2 Å². The molecule has 0 spiro atoms. The number of hydrogen-bond acceptors (Lipinski definition) is 5. The van der Waals surface area contributed by atoms with E-state index in [0.29, 0.717) is 27.0 Å². The highest BCUT2D eigenvalue weighted by molar-refractivity contribution is 6.42. The van der Waals surface area contributed by atoms with Crippen LogP contribution in [0.4, 0.5) is 5.69 Å². The monoisotopic (exact) mass is 447 g/mol. The molecule has 0 bridgehead atoms. The Morgan fingerprint density at radius 3 is 2.43 bits per heavy atom. The van der Waals surface area contributed by atoms with E-state index in [2.05, 4.69) is 5.32 Å². The van der Waals surface area contributed by atoms with Crippen molar-refractivity contribution in [1.29, 1.82) is 0 Å². The number of aromatic hydroxyl groups is 1. The molecule has 0 aliphatic heterocycles. The molecular formula is C22H19Cl2NO5. The highest BCUT2D eigenvalue weighted by Crippen LogP contribution is 2.33. The number of hydrogen-bond donors (Lipinski definition) is 2. The molecule has 0 saturated heterocycles. The quantitative estimate of drug-likeness (QED) is 0.546. The molecule has 30 heavy (non-hydrogen) atoms. The molecule has 2 N–H and O–H groups in total. The second kappa shape index (κ2) is 9.24. The van der Waals surface area contributed by atoms with Crippen LogP contribution in [0.15, 0.2) is 57.7 Å². The Hall–Kier alpha value is -2.96. The van der Waals surface area contributed by atoms with Crippen LogP contribution in [0, 0.1) is 6.92 Å². The van der Waals surface area contributed by atoms with Gasteiger partial charge in [0.15, 0.2) is 0 Å². The summed E-state index contributed by atoms with van der Waals surface area (Å²) in [5.41, 5.74) is 0.417. The number of anilines is 1. The van der Waals surface area contributed by atoms with Crippen LogP contribution in [0.3, 0.4) is 0 Å². The van der Waals surface area contributed by atoms with E-state index in [9.17, 15) is 14.7 Å². The molecule has 1 amide bonds. The molecule has 8 heteroatoms. The second-order valence-corrected chi connectivity index (χ2v) is 7.46. The molecule has 0 saturated carbocycles. The Bertz CT molecular complexity index is 1130. The van der Waals surface area contributed by atoms with Crippen molar-refractivity contribution in [1.82, 2.24) is 0 Å². The summed E-state index contributed by atoms with van der Waals surface area (Å²) < 4.78 is 10.3. The van der Waals surface area contributed by atoms with E-state index in [1.54, 1.807) is 43.3 Å². The first-order valence-electron chi connectivity index (χ1n) is 9.01. The average molecular weight is 448 g/mol. The largest absolute Gasteiger partial charge is 0.507 e. The van der Waals surface area contributed by atoms with Gasteiger partial charge >= 0.3 is 5.63 Å². The van der Waals surface area contributed by atoms with Gasteiger partial charge in [-0.05, 0) is 42.8 Å². The van der Waals surface area contributed by atoms with E-state index in [1.807, 2.05) is 0 Å². The van der Waals surface area contributed by atoms with Gasteiger partial charge in [-0.3, -0.25) is 4.79 Å². The number of benzene rings is 2. The second-order valence-electron chi connectivity index (χ2n) is 6.65. The normalized spacial score (nSPS) is 11.7. The van der Waals surface area contributed by atoms with Crippen LogP contribution < -0.4 is 15.7 Å². The summed E-state index contributed by atoms with van der Waals surface area (Å²) in [7, 11) is 1.54. The predicted octanol–water partition coefficient (Wildman–Crippen LogP) is 5.13. The van der Waals surface area contributed by atoms with Crippen LogP contribution >= 0.6 is 23.2 Å². The predicted molar refractivity (Wildman–Crippen MR) is 116 cm³/mol. The first-order valence-corrected chi connectivity index (χ1v) is 9.76. The van der Waals surface area contributed by atoms with Crippen molar-refractivity contribution in [2.24, 2.45) is 0 Å². The maximum atomic E-state index is 12.8. The van der Waals surface area contributed by atoms with Crippen LogP contribution in [0.5, 0.6) is 11.5 Å². The first kappa shape index (κ1) is 21.7. The topological polar surface area (TPSA) is 88.8 Å². The van der Waals surface area contributed by atoms with Crippen LogP contribution in [-0.4, -0.2) is 18.1 Å². The van der Waals surface area contributed by atoms with Crippen LogP contribution in [0.25, 0.3) is 0 Å². The molecule has 1 aromatic heterocycles. The number of carbonyl (C=O) groups is 1. The lowest BCUT2D eigenvalue weighted by Gasteiger charge is -2.18. The number of aryl methyl sites for hydroxylation is 1. The molecule has 0 aliphatic carbocycles. The molecule has 3 aromatic rings.